The van der Waals surface area contributed by atoms with Gasteiger partial charge in [-0.2, -0.15) is 0 Å². The quantitative estimate of drug-likeness (QED) is 0.624. The summed E-state index contributed by atoms with van der Waals surface area (Å²) in [4.78, 5) is 4.89. The van der Waals surface area contributed by atoms with Crippen LogP contribution in [0.3, 0.4) is 0 Å². The lowest BCUT2D eigenvalue weighted by Gasteiger charge is -2.04. The summed E-state index contributed by atoms with van der Waals surface area (Å²) in [6.07, 6.45) is 0.966. The maximum Gasteiger partial charge on any atom is 0.290 e. The summed E-state index contributed by atoms with van der Waals surface area (Å²) in [7, 11) is 0. The Morgan fingerprint density at radius 2 is 2.25 bits per heavy atom. The van der Waals surface area contributed by atoms with Crippen molar-refractivity contribution in [1.82, 2.24) is 10.1 Å². The smallest absolute Gasteiger partial charge is 0.290 e. The van der Waals surface area contributed by atoms with Gasteiger partial charge in [0, 0.05) is 12.6 Å². The fourth-order valence-corrected chi connectivity index (χ4v) is 1.47. The Hall–Kier alpha value is -1.91. The molecule has 0 aliphatic carbocycles. The van der Waals surface area contributed by atoms with E-state index in [2.05, 4.69) is 15.4 Å². The molecule has 0 atom stereocenters. The van der Waals surface area contributed by atoms with Gasteiger partial charge in [0.1, 0.15) is 5.52 Å². The molecule has 0 saturated heterocycles. The standard InChI is InChI=1S/C11H14N4O/c1-3-6-12-11-13-9-5-4-8(2)7-10(9)15(16)14-11/h4-5,7H,3,6H2,1-2H3,(H,12,13,14). The second kappa shape index (κ2) is 4.30. The van der Waals surface area contributed by atoms with Gasteiger partial charge in [-0.25, -0.2) is 4.98 Å². The Bertz CT molecular complexity index is 513. The van der Waals surface area contributed by atoms with E-state index in [1.54, 1.807) is 6.07 Å². The molecule has 1 heterocycles. The van der Waals surface area contributed by atoms with Crippen molar-refractivity contribution in [2.24, 2.45) is 0 Å². The first-order chi connectivity index (χ1) is 7.70. The highest BCUT2D eigenvalue weighted by molar-refractivity contribution is 5.72. The zero-order chi connectivity index (χ0) is 11.5. The maximum absolute atomic E-state index is 11.6. The molecular weight excluding hydrogens is 204 g/mol. The number of nitrogens with zero attached hydrogens (tertiary/aromatic N) is 3. The Balaban J connectivity index is 2.46. The number of anilines is 1. The maximum atomic E-state index is 11.6. The van der Waals surface area contributed by atoms with E-state index in [-0.39, 0.29) is 0 Å². The van der Waals surface area contributed by atoms with Gasteiger partial charge in [-0.1, -0.05) is 13.0 Å². The molecule has 0 radical (unpaired) electrons. The van der Waals surface area contributed by atoms with Gasteiger partial charge in [0.15, 0.2) is 0 Å². The van der Waals surface area contributed by atoms with Crippen molar-refractivity contribution in [2.45, 2.75) is 20.3 Å². The van der Waals surface area contributed by atoms with Crippen LogP contribution in [0.4, 0.5) is 5.95 Å². The summed E-state index contributed by atoms with van der Waals surface area (Å²) in [5.41, 5.74) is 2.19. The number of benzene rings is 1. The first-order valence-electron chi connectivity index (χ1n) is 5.33. The molecule has 0 unspecified atom stereocenters. The van der Waals surface area contributed by atoms with Gasteiger partial charge < -0.3 is 10.5 Å². The summed E-state index contributed by atoms with van der Waals surface area (Å²) < 4.78 is 0. The van der Waals surface area contributed by atoms with Crippen LogP contribution >= 0.6 is 0 Å². The van der Waals surface area contributed by atoms with Crippen LogP contribution in [0.25, 0.3) is 11.0 Å². The fraction of sp³-hybridized carbons (Fsp3) is 0.364. The van der Waals surface area contributed by atoms with Crippen LogP contribution in [-0.4, -0.2) is 16.6 Å². The highest BCUT2D eigenvalue weighted by Crippen LogP contribution is 2.10. The number of nitrogens with one attached hydrogen (secondary N) is 1. The van der Waals surface area contributed by atoms with Crippen molar-refractivity contribution in [3.8, 4) is 0 Å². The van der Waals surface area contributed by atoms with E-state index in [1.165, 1.54) is 0 Å². The van der Waals surface area contributed by atoms with Gasteiger partial charge in [0.2, 0.25) is 0 Å². The van der Waals surface area contributed by atoms with Crippen molar-refractivity contribution in [1.29, 1.82) is 0 Å². The average Bonchev–Trinajstić information content (AvgIpc) is 2.27. The molecule has 0 bridgehead atoms. The monoisotopic (exact) mass is 218 g/mol. The predicted octanol–water partition coefficient (Wildman–Crippen LogP) is 1.39. The molecule has 1 aromatic carbocycles. The number of fused-ring (bicyclic) bond motifs is 1. The molecule has 1 N–H and O–H groups in total. The van der Waals surface area contributed by atoms with Gasteiger partial charge in [0.25, 0.3) is 11.5 Å². The summed E-state index contributed by atoms with van der Waals surface area (Å²) >= 11 is 0. The Labute approximate surface area is 93.7 Å². The van der Waals surface area contributed by atoms with Crippen LogP contribution in [0.1, 0.15) is 18.9 Å². The largest absolute Gasteiger partial charge is 0.594 e. The average molecular weight is 218 g/mol. The van der Waals surface area contributed by atoms with Crippen LogP contribution in [0, 0.1) is 12.1 Å². The second-order valence-corrected chi connectivity index (χ2v) is 3.73. The number of rotatable bonds is 3. The first kappa shape index (κ1) is 10.6. The molecule has 5 heteroatoms. The molecule has 5 nitrogen and oxygen atoms in total. The molecule has 0 aliphatic rings. The minimum absolute atomic E-state index is 0.383. The Morgan fingerprint density at radius 1 is 1.44 bits per heavy atom. The van der Waals surface area contributed by atoms with E-state index in [9.17, 15) is 5.21 Å². The van der Waals surface area contributed by atoms with Crippen molar-refractivity contribution in [3.63, 3.8) is 0 Å². The normalized spacial score (nSPS) is 10.6. The molecule has 2 rings (SSSR count). The lowest BCUT2D eigenvalue weighted by Crippen LogP contribution is -2.33. The molecule has 84 valence electrons. The highest BCUT2D eigenvalue weighted by atomic mass is 16.5. The summed E-state index contributed by atoms with van der Waals surface area (Å²) in [6, 6.07) is 5.54. The summed E-state index contributed by atoms with van der Waals surface area (Å²) in [6.45, 7) is 4.74. The van der Waals surface area contributed by atoms with Crippen LogP contribution < -0.4 is 10.2 Å². The van der Waals surface area contributed by atoms with Gasteiger partial charge in [-0.15, -0.1) is 0 Å². The fourth-order valence-electron chi connectivity index (χ4n) is 1.47. The zero-order valence-electron chi connectivity index (χ0n) is 9.40. The van der Waals surface area contributed by atoms with Gasteiger partial charge >= 0.3 is 0 Å². The third-order valence-electron chi connectivity index (χ3n) is 2.28. The van der Waals surface area contributed by atoms with Crippen LogP contribution in [0.2, 0.25) is 0 Å². The molecule has 0 spiro atoms. The van der Waals surface area contributed by atoms with E-state index in [4.69, 9.17) is 0 Å². The number of aryl methyl sites for hydroxylation is 1. The Morgan fingerprint density at radius 3 is 3.00 bits per heavy atom. The van der Waals surface area contributed by atoms with Gasteiger partial charge in [-0.05, 0) is 29.8 Å². The molecule has 0 aliphatic heterocycles. The number of aromatic nitrogens is 3. The van der Waals surface area contributed by atoms with E-state index >= 15 is 0 Å². The Kier molecular flexibility index (Phi) is 2.85. The van der Waals surface area contributed by atoms with E-state index in [1.807, 2.05) is 26.0 Å². The highest BCUT2D eigenvalue weighted by Gasteiger charge is 2.09. The molecule has 0 fully saturated rings. The van der Waals surface area contributed by atoms with Crippen molar-refractivity contribution in [3.05, 3.63) is 29.0 Å². The van der Waals surface area contributed by atoms with Crippen LogP contribution in [-0.2, 0) is 0 Å². The van der Waals surface area contributed by atoms with E-state index in [0.717, 1.165) is 18.5 Å². The lowest BCUT2D eigenvalue weighted by atomic mass is 10.2. The third-order valence-corrected chi connectivity index (χ3v) is 2.28. The van der Waals surface area contributed by atoms with Crippen molar-refractivity contribution < 1.29 is 4.85 Å². The predicted molar refractivity (Wildman–Crippen MR) is 62.0 cm³/mol. The molecule has 0 amide bonds. The van der Waals surface area contributed by atoms with E-state index < -0.39 is 0 Å². The molecule has 2 aromatic rings. The van der Waals surface area contributed by atoms with Crippen LogP contribution in [0.15, 0.2) is 18.2 Å². The van der Waals surface area contributed by atoms with Crippen LogP contribution in [0.5, 0.6) is 0 Å². The van der Waals surface area contributed by atoms with Crippen molar-refractivity contribution in [2.75, 3.05) is 11.9 Å². The topological polar surface area (TPSA) is 64.8 Å². The number of hydrogen-bond donors (Lipinski definition) is 1. The van der Waals surface area contributed by atoms with Crippen molar-refractivity contribution >= 4 is 17.0 Å². The lowest BCUT2D eigenvalue weighted by molar-refractivity contribution is -0.641. The molecule has 0 saturated carbocycles. The second-order valence-electron chi connectivity index (χ2n) is 3.73. The third kappa shape index (κ3) is 2.03. The molecule has 16 heavy (non-hydrogen) atoms. The summed E-state index contributed by atoms with van der Waals surface area (Å²) in [5, 5.41) is 18.5. The minimum atomic E-state index is 0.383. The summed E-state index contributed by atoms with van der Waals surface area (Å²) in [5.74, 6) is 0.383. The minimum Gasteiger partial charge on any atom is -0.594 e. The van der Waals surface area contributed by atoms with Gasteiger partial charge in [0.05, 0.1) is 5.10 Å². The van der Waals surface area contributed by atoms with E-state index in [0.29, 0.717) is 21.8 Å². The first-order valence-corrected chi connectivity index (χ1v) is 5.33. The molecular formula is C11H14N4O. The zero-order valence-corrected chi connectivity index (χ0v) is 9.40. The van der Waals surface area contributed by atoms with Gasteiger partial charge in [-0.3, -0.25) is 0 Å². The SMILES string of the molecule is CCCNc1nc2ccc(C)cc2[n+]([O-])n1. The number of hydrogen-bond acceptors (Lipinski definition) is 4. The molecule has 1 aromatic heterocycles.